The molecule has 0 aliphatic rings. The number of hydrogen-bond donors (Lipinski definition) is 0. The van der Waals surface area contributed by atoms with Gasteiger partial charge < -0.3 is 0 Å². The van der Waals surface area contributed by atoms with Gasteiger partial charge >= 0.3 is 0 Å². The minimum atomic E-state index is -0.278. The molecule has 0 bridgehead atoms. The molecule has 1 unspecified atom stereocenters. The number of hydrogen-bond acceptors (Lipinski definition) is 0. The molecule has 18 heavy (non-hydrogen) atoms. The number of benzene rings is 2. The molecule has 2 aromatic carbocycles. The molecule has 0 amide bonds. The fourth-order valence-electron chi connectivity index (χ4n) is 1.74. The van der Waals surface area contributed by atoms with Gasteiger partial charge in [-0.05, 0) is 47.9 Å². The van der Waals surface area contributed by atoms with Gasteiger partial charge in [0.2, 0.25) is 0 Å². The first kappa shape index (κ1) is 14.0. The standard InChI is InChI=1S/C14H10Br2ClF/c15-11-3-1-2-9(4-11)5-14(17)10-6-12(16)8-13(18)7-10/h1-4,6-8,14H,5H2. The molecular weight excluding hydrogens is 382 g/mol. The van der Waals surface area contributed by atoms with Crippen molar-refractivity contribution in [2.45, 2.75) is 11.8 Å². The van der Waals surface area contributed by atoms with E-state index in [9.17, 15) is 4.39 Å². The minimum absolute atomic E-state index is 0.244. The zero-order valence-corrected chi connectivity index (χ0v) is 13.3. The summed E-state index contributed by atoms with van der Waals surface area (Å²) in [6, 6.07) is 12.7. The van der Waals surface area contributed by atoms with Gasteiger partial charge in [-0.3, -0.25) is 0 Å². The second-order valence-electron chi connectivity index (χ2n) is 4.00. The highest BCUT2D eigenvalue weighted by Gasteiger charge is 2.11. The Morgan fingerprint density at radius 2 is 1.83 bits per heavy atom. The van der Waals surface area contributed by atoms with E-state index in [4.69, 9.17) is 11.6 Å². The number of alkyl halides is 1. The molecule has 2 aromatic rings. The summed E-state index contributed by atoms with van der Waals surface area (Å²) in [7, 11) is 0. The minimum Gasteiger partial charge on any atom is -0.207 e. The molecule has 0 fully saturated rings. The molecule has 0 aliphatic heterocycles. The maximum absolute atomic E-state index is 13.3. The molecule has 0 saturated heterocycles. The van der Waals surface area contributed by atoms with Gasteiger partial charge in [-0.2, -0.15) is 0 Å². The molecule has 0 aliphatic carbocycles. The monoisotopic (exact) mass is 390 g/mol. The molecule has 1 atom stereocenters. The van der Waals surface area contributed by atoms with Crippen LogP contribution in [0.4, 0.5) is 4.39 Å². The molecule has 0 saturated carbocycles. The Morgan fingerprint density at radius 3 is 2.50 bits per heavy atom. The fraction of sp³-hybridized carbons (Fsp3) is 0.143. The molecule has 4 heteroatoms. The first-order valence-electron chi connectivity index (χ1n) is 5.39. The third-order valence-corrected chi connectivity index (χ3v) is 3.91. The quantitative estimate of drug-likeness (QED) is 0.573. The van der Waals surface area contributed by atoms with Crippen LogP contribution in [0.5, 0.6) is 0 Å². The Hall–Kier alpha value is -0.380. The highest BCUT2D eigenvalue weighted by atomic mass is 79.9. The van der Waals surface area contributed by atoms with E-state index in [0.29, 0.717) is 10.9 Å². The van der Waals surface area contributed by atoms with Crippen LogP contribution < -0.4 is 0 Å². The highest BCUT2D eigenvalue weighted by molar-refractivity contribution is 9.10. The largest absolute Gasteiger partial charge is 0.207 e. The first-order chi connectivity index (χ1) is 8.54. The van der Waals surface area contributed by atoms with Crippen LogP contribution in [0, 0.1) is 5.82 Å². The predicted octanol–water partition coefficient (Wildman–Crippen LogP) is 5.87. The summed E-state index contributed by atoms with van der Waals surface area (Å²) in [5.41, 5.74) is 1.90. The molecule has 0 aromatic heterocycles. The van der Waals surface area contributed by atoms with E-state index in [2.05, 4.69) is 31.9 Å². The van der Waals surface area contributed by atoms with E-state index in [-0.39, 0.29) is 11.2 Å². The van der Waals surface area contributed by atoms with Gasteiger partial charge in [0.15, 0.2) is 0 Å². The lowest BCUT2D eigenvalue weighted by atomic mass is 10.0. The molecular formula is C14H10Br2ClF. The average Bonchev–Trinajstić information content (AvgIpc) is 2.27. The lowest BCUT2D eigenvalue weighted by Crippen LogP contribution is -1.97. The summed E-state index contributed by atoms with van der Waals surface area (Å²) in [5.74, 6) is -0.278. The van der Waals surface area contributed by atoms with Gasteiger partial charge in [0.1, 0.15) is 5.82 Å². The molecule has 0 nitrogen and oxygen atoms in total. The number of halogens is 4. The van der Waals surface area contributed by atoms with Crippen LogP contribution in [0.3, 0.4) is 0 Å². The molecule has 0 spiro atoms. The maximum atomic E-state index is 13.3. The van der Waals surface area contributed by atoms with E-state index >= 15 is 0 Å². The maximum Gasteiger partial charge on any atom is 0.124 e. The van der Waals surface area contributed by atoms with Crippen molar-refractivity contribution in [2.24, 2.45) is 0 Å². The lowest BCUT2D eigenvalue weighted by Gasteiger charge is -2.11. The molecule has 0 radical (unpaired) electrons. The van der Waals surface area contributed by atoms with Crippen LogP contribution in [0.2, 0.25) is 0 Å². The van der Waals surface area contributed by atoms with Crippen LogP contribution in [0.25, 0.3) is 0 Å². The summed E-state index contributed by atoms with van der Waals surface area (Å²) in [5, 5.41) is -0.244. The SMILES string of the molecule is Fc1cc(Br)cc(C(Cl)Cc2cccc(Br)c2)c1. The lowest BCUT2D eigenvalue weighted by molar-refractivity contribution is 0.623. The Labute approximate surface area is 127 Å². The third-order valence-electron chi connectivity index (χ3n) is 2.55. The van der Waals surface area contributed by atoms with Gasteiger partial charge in [0, 0.05) is 8.95 Å². The normalized spacial score (nSPS) is 12.4. The van der Waals surface area contributed by atoms with Gasteiger partial charge in [-0.15, -0.1) is 11.6 Å². The molecule has 94 valence electrons. The van der Waals surface area contributed by atoms with Crippen LogP contribution in [0.1, 0.15) is 16.5 Å². The van der Waals surface area contributed by atoms with Crippen molar-refractivity contribution in [3.63, 3.8) is 0 Å². The first-order valence-corrected chi connectivity index (χ1v) is 7.41. The predicted molar refractivity (Wildman–Crippen MR) is 80.5 cm³/mol. The van der Waals surface area contributed by atoms with E-state index in [1.54, 1.807) is 0 Å². The smallest absolute Gasteiger partial charge is 0.124 e. The summed E-state index contributed by atoms with van der Waals surface area (Å²) >= 11 is 13.0. The van der Waals surface area contributed by atoms with Crippen molar-refractivity contribution in [1.29, 1.82) is 0 Å². The fourth-order valence-corrected chi connectivity index (χ4v) is 2.98. The second kappa shape index (κ2) is 6.18. The third kappa shape index (κ3) is 3.81. The van der Waals surface area contributed by atoms with Gasteiger partial charge in [0.05, 0.1) is 5.38 Å². The van der Waals surface area contributed by atoms with Gasteiger partial charge in [0.25, 0.3) is 0 Å². The van der Waals surface area contributed by atoms with Crippen molar-refractivity contribution in [3.05, 3.63) is 68.4 Å². The topological polar surface area (TPSA) is 0 Å². The highest BCUT2D eigenvalue weighted by Crippen LogP contribution is 2.28. The van der Waals surface area contributed by atoms with Gasteiger partial charge in [-0.1, -0.05) is 44.0 Å². The van der Waals surface area contributed by atoms with E-state index in [0.717, 1.165) is 15.6 Å². The summed E-state index contributed by atoms with van der Waals surface area (Å²) in [6.45, 7) is 0. The van der Waals surface area contributed by atoms with Crippen LogP contribution in [0.15, 0.2) is 51.4 Å². The molecule has 0 N–H and O–H groups in total. The molecule has 2 rings (SSSR count). The van der Waals surface area contributed by atoms with E-state index < -0.39 is 0 Å². The summed E-state index contributed by atoms with van der Waals surface area (Å²) < 4.78 is 15.0. The van der Waals surface area contributed by atoms with Gasteiger partial charge in [-0.25, -0.2) is 4.39 Å². The Bertz CT molecular complexity index is 537. The number of rotatable bonds is 3. The second-order valence-corrected chi connectivity index (χ2v) is 6.36. The van der Waals surface area contributed by atoms with Crippen molar-refractivity contribution in [3.8, 4) is 0 Å². The Kier molecular flexibility index (Phi) is 4.82. The van der Waals surface area contributed by atoms with Crippen LogP contribution in [-0.4, -0.2) is 0 Å². The van der Waals surface area contributed by atoms with Crippen molar-refractivity contribution in [1.82, 2.24) is 0 Å². The Morgan fingerprint density at radius 1 is 1.06 bits per heavy atom. The summed E-state index contributed by atoms with van der Waals surface area (Å²) in [4.78, 5) is 0. The van der Waals surface area contributed by atoms with Crippen LogP contribution in [-0.2, 0) is 6.42 Å². The van der Waals surface area contributed by atoms with Crippen LogP contribution >= 0.6 is 43.5 Å². The zero-order chi connectivity index (χ0) is 13.1. The molecule has 0 heterocycles. The van der Waals surface area contributed by atoms with E-state index in [1.165, 1.54) is 12.1 Å². The Balaban J connectivity index is 2.19. The van der Waals surface area contributed by atoms with Crippen molar-refractivity contribution < 1.29 is 4.39 Å². The zero-order valence-electron chi connectivity index (χ0n) is 9.34. The summed E-state index contributed by atoms with van der Waals surface area (Å²) in [6.07, 6.45) is 0.664. The van der Waals surface area contributed by atoms with Crippen molar-refractivity contribution in [2.75, 3.05) is 0 Å². The van der Waals surface area contributed by atoms with Crippen molar-refractivity contribution >= 4 is 43.5 Å². The van der Waals surface area contributed by atoms with E-state index in [1.807, 2.05) is 30.3 Å². The average molecular weight is 392 g/mol.